The van der Waals surface area contributed by atoms with E-state index in [2.05, 4.69) is 45.4 Å². The lowest BCUT2D eigenvalue weighted by atomic mass is 10.1. The molecule has 3 rings (SSSR count). The number of hydrogen-bond acceptors (Lipinski definition) is 3. The van der Waals surface area contributed by atoms with Gasteiger partial charge in [0, 0.05) is 22.9 Å². The molecular weight excluding hydrogens is 368 g/mol. The number of rotatable bonds is 4. The van der Waals surface area contributed by atoms with E-state index in [0.717, 1.165) is 42.7 Å². The minimum atomic E-state index is -0.408. The third kappa shape index (κ3) is 4.76. The molecule has 1 N–H and O–H groups in total. The molecule has 1 aliphatic rings. The molecule has 2 aromatic rings. The molecule has 124 valence electrons. The fraction of sp³-hybridized carbons (Fsp3) is 0.263. The third-order valence-electron chi connectivity index (χ3n) is 4.17. The summed E-state index contributed by atoms with van der Waals surface area (Å²) < 4.78 is 0.930. The average Bonchev–Trinajstić information content (AvgIpc) is 2.62. The number of quaternary nitrogens is 1. The monoisotopic (exact) mass is 387 g/mol. The number of carbonyl (C=O) groups excluding carboxylic acids is 1. The van der Waals surface area contributed by atoms with Crippen LogP contribution in [0.3, 0.4) is 0 Å². The van der Waals surface area contributed by atoms with Crippen LogP contribution in [0, 0.1) is 0 Å². The first-order chi connectivity index (χ1) is 11.7. The van der Waals surface area contributed by atoms with E-state index in [-0.39, 0.29) is 0 Å². The lowest BCUT2D eigenvalue weighted by Gasteiger charge is -2.24. The van der Waals surface area contributed by atoms with E-state index in [9.17, 15) is 4.79 Å². The van der Waals surface area contributed by atoms with Gasteiger partial charge in [0.25, 0.3) is 0 Å². The van der Waals surface area contributed by atoms with Gasteiger partial charge in [0.2, 0.25) is 0 Å². The quantitative estimate of drug-likeness (QED) is 0.647. The molecule has 1 fully saturated rings. The molecule has 0 spiro atoms. The second-order valence-corrected chi connectivity index (χ2v) is 6.87. The van der Waals surface area contributed by atoms with E-state index in [0.29, 0.717) is 5.56 Å². The molecule has 2 aromatic carbocycles. The van der Waals surface area contributed by atoms with E-state index in [4.69, 9.17) is 4.84 Å². The number of hydrogen-bond donors (Lipinski definition) is 1. The molecule has 0 aliphatic carbocycles. The lowest BCUT2D eigenvalue weighted by molar-refractivity contribution is -0.914. The highest BCUT2D eigenvalue weighted by atomic mass is 79.9. The second kappa shape index (κ2) is 8.22. The van der Waals surface area contributed by atoms with Crippen LogP contribution in [0.15, 0.2) is 64.2 Å². The number of oxime groups is 1. The predicted molar refractivity (Wildman–Crippen MR) is 97.1 cm³/mol. The second-order valence-electron chi connectivity index (χ2n) is 5.96. The number of likely N-dealkylation sites (tertiary alicyclic amines) is 1. The van der Waals surface area contributed by atoms with Gasteiger partial charge in [0.05, 0.1) is 24.4 Å². The summed E-state index contributed by atoms with van der Waals surface area (Å²) in [6, 6.07) is 17.6. The summed E-state index contributed by atoms with van der Waals surface area (Å²) in [5.74, 6) is -0.408. The first-order valence-electron chi connectivity index (χ1n) is 8.11. The van der Waals surface area contributed by atoms with Crippen LogP contribution in [0.5, 0.6) is 0 Å². The predicted octanol–water partition coefficient (Wildman–Crippen LogP) is 2.84. The van der Waals surface area contributed by atoms with Crippen LogP contribution in [-0.2, 0) is 11.4 Å². The summed E-state index contributed by atoms with van der Waals surface area (Å²) >= 11 is 3.34. The average molecular weight is 388 g/mol. The van der Waals surface area contributed by atoms with Crippen LogP contribution in [0.2, 0.25) is 0 Å². The van der Waals surface area contributed by atoms with Crippen molar-refractivity contribution in [2.75, 3.05) is 13.1 Å². The van der Waals surface area contributed by atoms with Gasteiger partial charge >= 0.3 is 5.97 Å². The third-order valence-corrected chi connectivity index (χ3v) is 4.70. The molecule has 1 saturated heterocycles. The first-order valence-corrected chi connectivity index (χ1v) is 8.90. The molecule has 1 aliphatic heterocycles. The highest BCUT2D eigenvalue weighted by Crippen LogP contribution is 2.11. The Balaban J connectivity index is 1.48. The van der Waals surface area contributed by atoms with Gasteiger partial charge in [-0.25, -0.2) is 4.79 Å². The Bertz CT molecular complexity index is 704. The highest BCUT2D eigenvalue weighted by Gasteiger charge is 2.19. The molecule has 1 heterocycles. The van der Waals surface area contributed by atoms with Crippen LogP contribution in [0.4, 0.5) is 0 Å². The smallest absolute Gasteiger partial charge is 0.331 e. The Kier molecular flexibility index (Phi) is 5.77. The Labute approximate surface area is 150 Å². The van der Waals surface area contributed by atoms with Crippen molar-refractivity contribution < 1.29 is 14.5 Å². The zero-order valence-electron chi connectivity index (χ0n) is 13.4. The van der Waals surface area contributed by atoms with Gasteiger partial charge in [0.1, 0.15) is 6.54 Å². The van der Waals surface area contributed by atoms with Crippen LogP contribution in [0.25, 0.3) is 0 Å². The van der Waals surface area contributed by atoms with Crippen LogP contribution < -0.4 is 4.90 Å². The van der Waals surface area contributed by atoms with Crippen molar-refractivity contribution in [1.29, 1.82) is 0 Å². The molecular formula is C19H20BrN2O2+. The zero-order valence-corrected chi connectivity index (χ0v) is 15.0. The number of halogens is 1. The maximum absolute atomic E-state index is 12.0. The Morgan fingerprint density at radius 3 is 2.38 bits per heavy atom. The van der Waals surface area contributed by atoms with Gasteiger partial charge in [-0.05, 0) is 24.3 Å². The maximum atomic E-state index is 12.0. The van der Waals surface area contributed by atoms with Crippen molar-refractivity contribution >= 4 is 27.6 Å². The van der Waals surface area contributed by atoms with Gasteiger partial charge in [0.15, 0.2) is 0 Å². The van der Waals surface area contributed by atoms with Gasteiger partial charge in [-0.3, -0.25) is 0 Å². The van der Waals surface area contributed by atoms with E-state index >= 15 is 0 Å². The normalized spacial score (nSPS) is 17.4. The minimum Gasteiger partial charge on any atom is -0.331 e. The number of nitrogens with zero attached hydrogens (tertiary/aromatic N) is 1. The van der Waals surface area contributed by atoms with Gasteiger partial charge < -0.3 is 9.74 Å². The van der Waals surface area contributed by atoms with Crippen molar-refractivity contribution in [3.8, 4) is 0 Å². The Morgan fingerprint density at radius 2 is 1.71 bits per heavy atom. The molecule has 0 atom stereocenters. The molecule has 0 aromatic heterocycles. The SMILES string of the molecule is O=C(ON=C1CC[NH+](Cc2ccccc2)CC1)c1ccc(Br)cc1. The van der Waals surface area contributed by atoms with E-state index in [1.165, 1.54) is 5.56 Å². The molecule has 0 radical (unpaired) electrons. The van der Waals surface area contributed by atoms with Crippen molar-refractivity contribution in [3.05, 3.63) is 70.2 Å². The molecule has 0 amide bonds. The summed E-state index contributed by atoms with van der Waals surface area (Å²) in [6.07, 6.45) is 1.74. The maximum Gasteiger partial charge on any atom is 0.365 e. The first kappa shape index (κ1) is 16.9. The Morgan fingerprint density at radius 1 is 1.04 bits per heavy atom. The Hall–Kier alpha value is -1.98. The largest absolute Gasteiger partial charge is 0.365 e. The minimum absolute atomic E-state index is 0.408. The van der Waals surface area contributed by atoms with Crippen LogP contribution in [0.1, 0.15) is 28.8 Å². The van der Waals surface area contributed by atoms with Crippen LogP contribution in [-0.4, -0.2) is 24.8 Å². The van der Waals surface area contributed by atoms with Gasteiger partial charge in [-0.2, -0.15) is 0 Å². The lowest BCUT2D eigenvalue weighted by Crippen LogP contribution is -3.11. The van der Waals surface area contributed by atoms with Crippen molar-refractivity contribution in [2.45, 2.75) is 19.4 Å². The number of nitrogens with one attached hydrogen (secondary N) is 1. The molecule has 24 heavy (non-hydrogen) atoms. The summed E-state index contributed by atoms with van der Waals surface area (Å²) in [6.45, 7) is 3.07. The standard InChI is InChI=1S/C19H19BrN2O2/c20-17-8-6-16(7-9-17)19(23)24-21-18-10-12-22(13-11-18)14-15-4-2-1-3-5-15/h1-9H,10-14H2/p+1. The highest BCUT2D eigenvalue weighted by molar-refractivity contribution is 9.10. The van der Waals surface area contributed by atoms with Crippen molar-refractivity contribution in [3.63, 3.8) is 0 Å². The van der Waals surface area contributed by atoms with Gasteiger partial charge in [-0.15, -0.1) is 0 Å². The number of carbonyl (C=O) groups is 1. The van der Waals surface area contributed by atoms with Crippen molar-refractivity contribution in [1.82, 2.24) is 0 Å². The summed E-state index contributed by atoms with van der Waals surface area (Å²) in [5.41, 5.74) is 2.83. The molecule has 0 bridgehead atoms. The molecule has 5 heteroatoms. The molecule has 0 saturated carbocycles. The zero-order chi connectivity index (χ0) is 16.8. The number of piperidine rings is 1. The van der Waals surface area contributed by atoms with Crippen LogP contribution >= 0.6 is 15.9 Å². The summed E-state index contributed by atoms with van der Waals surface area (Å²) in [4.78, 5) is 18.6. The molecule has 4 nitrogen and oxygen atoms in total. The fourth-order valence-corrected chi connectivity index (χ4v) is 3.05. The van der Waals surface area contributed by atoms with E-state index in [1.807, 2.05) is 18.2 Å². The topological polar surface area (TPSA) is 43.1 Å². The van der Waals surface area contributed by atoms with Crippen molar-refractivity contribution in [2.24, 2.45) is 5.16 Å². The van der Waals surface area contributed by atoms with E-state index < -0.39 is 5.97 Å². The van der Waals surface area contributed by atoms with E-state index in [1.54, 1.807) is 17.0 Å². The summed E-state index contributed by atoms with van der Waals surface area (Å²) in [5, 5.41) is 4.07. The fourth-order valence-electron chi connectivity index (χ4n) is 2.79. The molecule has 0 unspecified atom stereocenters. The summed E-state index contributed by atoms with van der Waals surface area (Å²) in [7, 11) is 0. The van der Waals surface area contributed by atoms with Gasteiger partial charge in [-0.1, -0.05) is 51.4 Å². The number of benzene rings is 2.